The van der Waals surface area contributed by atoms with E-state index in [0.29, 0.717) is 5.82 Å². The van der Waals surface area contributed by atoms with Crippen molar-refractivity contribution in [1.82, 2.24) is 15.0 Å². The number of likely N-dealkylation sites (N-methyl/N-ethyl adjacent to an activating group) is 1. The molecule has 0 spiro atoms. The molecule has 6 nitrogen and oxygen atoms in total. The first-order valence-electron chi connectivity index (χ1n) is 9.79. The summed E-state index contributed by atoms with van der Waals surface area (Å²) in [5.74, 6) is 3.07. The topological polar surface area (TPSA) is 63.2 Å². The molecular formula is C24H23N5O. The highest BCUT2D eigenvalue weighted by Gasteiger charge is 2.08. The van der Waals surface area contributed by atoms with Crippen LogP contribution in [0.3, 0.4) is 0 Å². The summed E-state index contributed by atoms with van der Waals surface area (Å²) in [6.45, 7) is 0.841. The molecule has 1 N–H and O–H groups in total. The lowest BCUT2D eigenvalue weighted by atomic mass is 10.2. The average molecular weight is 397 g/mol. The number of ether oxygens (including phenoxy) is 1. The Kier molecular flexibility index (Phi) is 6.15. The van der Waals surface area contributed by atoms with E-state index in [-0.39, 0.29) is 0 Å². The molecule has 2 heterocycles. The Morgan fingerprint density at radius 1 is 0.900 bits per heavy atom. The molecule has 2 aromatic heterocycles. The van der Waals surface area contributed by atoms with Gasteiger partial charge in [-0.2, -0.15) is 0 Å². The summed E-state index contributed by atoms with van der Waals surface area (Å²) in [6.07, 6.45) is 6.12. The molecule has 4 aromatic rings. The van der Waals surface area contributed by atoms with Crippen molar-refractivity contribution in [3.05, 3.63) is 97.1 Å². The van der Waals surface area contributed by atoms with Gasteiger partial charge >= 0.3 is 0 Å². The maximum Gasteiger partial charge on any atom is 0.150 e. The third-order valence-electron chi connectivity index (χ3n) is 4.65. The number of rotatable bonds is 8. The molecule has 0 saturated heterocycles. The lowest BCUT2D eigenvalue weighted by Crippen LogP contribution is -2.21. The van der Waals surface area contributed by atoms with E-state index in [2.05, 4.69) is 25.2 Å². The average Bonchev–Trinajstić information content (AvgIpc) is 2.80. The van der Waals surface area contributed by atoms with Crippen molar-refractivity contribution < 1.29 is 4.74 Å². The molecule has 4 rings (SSSR count). The van der Waals surface area contributed by atoms with Gasteiger partial charge in [-0.25, -0.2) is 9.97 Å². The molecule has 0 aliphatic carbocycles. The van der Waals surface area contributed by atoms with E-state index in [1.165, 1.54) is 5.56 Å². The lowest BCUT2D eigenvalue weighted by Gasteiger charge is -2.19. The molecule has 0 unspecified atom stereocenters. The van der Waals surface area contributed by atoms with Gasteiger partial charge in [0.2, 0.25) is 0 Å². The van der Waals surface area contributed by atoms with Crippen molar-refractivity contribution in [3.8, 4) is 11.5 Å². The van der Waals surface area contributed by atoms with Crippen LogP contribution in [0.5, 0.6) is 11.5 Å². The van der Waals surface area contributed by atoms with E-state index in [0.717, 1.165) is 36.0 Å². The summed E-state index contributed by atoms with van der Waals surface area (Å²) in [6, 6.07) is 23.5. The molecule has 0 amide bonds. The van der Waals surface area contributed by atoms with E-state index < -0.39 is 0 Å². The van der Waals surface area contributed by atoms with Gasteiger partial charge in [-0.3, -0.25) is 4.98 Å². The van der Waals surface area contributed by atoms with E-state index in [4.69, 9.17) is 4.74 Å². The highest BCUT2D eigenvalue weighted by atomic mass is 16.5. The largest absolute Gasteiger partial charge is 0.455 e. The van der Waals surface area contributed by atoms with Gasteiger partial charge in [0.15, 0.2) is 5.75 Å². The van der Waals surface area contributed by atoms with E-state index in [1.807, 2.05) is 92.2 Å². The van der Waals surface area contributed by atoms with Crippen LogP contribution in [-0.4, -0.2) is 28.5 Å². The van der Waals surface area contributed by atoms with Gasteiger partial charge in [-0.15, -0.1) is 0 Å². The number of aromatic nitrogens is 3. The van der Waals surface area contributed by atoms with Crippen LogP contribution in [0.25, 0.3) is 0 Å². The van der Waals surface area contributed by atoms with Crippen molar-refractivity contribution in [2.24, 2.45) is 0 Å². The van der Waals surface area contributed by atoms with Crippen molar-refractivity contribution in [2.75, 3.05) is 23.8 Å². The third kappa shape index (κ3) is 5.11. The predicted molar refractivity (Wildman–Crippen MR) is 119 cm³/mol. The van der Waals surface area contributed by atoms with Gasteiger partial charge in [-0.1, -0.05) is 30.3 Å². The monoisotopic (exact) mass is 397 g/mol. The van der Waals surface area contributed by atoms with E-state index in [1.54, 1.807) is 6.33 Å². The number of nitrogens with zero attached hydrogens (tertiary/aromatic N) is 4. The van der Waals surface area contributed by atoms with Crippen LogP contribution in [0.4, 0.5) is 17.3 Å². The molecule has 0 atom stereocenters. The van der Waals surface area contributed by atoms with Crippen molar-refractivity contribution in [1.29, 1.82) is 0 Å². The first kappa shape index (κ1) is 19.4. The summed E-state index contributed by atoms with van der Waals surface area (Å²) in [4.78, 5) is 15.0. The second-order valence-electron chi connectivity index (χ2n) is 6.82. The van der Waals surface area contributed by atoms with Crippen LogP contribution >= 0.6 is 0 Å². The molecule has 150 valence electrons. The second kappa shape index (κ2) is 9.52. The zero-order valence-electron chi connectivity index (χ0n) is 16.8. The Labute approximate surface area is 176 Å². The van der Waals surface area contributed by atoms with Crippen LogP contribution in [0.2, 0.25) is 0 Å². The molecule has 6 heteroatoms. The van der Waals surface area contributed by atoms with Crippen molar-refractivity contribution in [2.45, 2.75) is 6.42 Å². The molecule has 0 bridgehead atoms. The first-order valence-corrected chi connectivity index (χ1v) is 9.79. The molecule has 0 aliphatic heterocycles. The third-order valence-corrected chi connectivity index (χ3v) is 4.65. The molecule has 0 aliphatic rings. The molecular weight excluding hydrogens is 374 g/mol. The van der Waals surface area contributed by atoms with Crippen LogP contribution < -0.4 is 15.0 Å². The summed E-state index contributed by atoms with van der Waals surface area (Å²) in [5.41, 5.74) is 2.08. The number of nitrogens with one attached hydrogen (secondary N) is 1. The Morgan fingerprint density at radius 2 is 1.67 bits per heavy atom. The maximum absolute atomic E-state index is 6.03. The number of hydrogen-bond acceptors (Lipinski definition) is 6. The molecule has 0 saturated carbocycles. The van der Waals surface area contributed by atoms with E-state index >= 15 is 0 Å². The summed E-state index contributed by atoms with van der Waals surface area (Å²) in [5, 5.41) is 3.35. The molecule has 0 radical (unpaired) electrons. The maximum atomic E-state index is 6.03. The lowest BCUT2D eigenvalue weighted by molar-refractivity contribution is 0.485. The van der Waals surface area contributed by atoms with Gasteiger partial charge < -0.3 is 15.0 Å². The number of hydrogen-bond donors (Lipinski definition) is 1. The number of anilines is 3. The van der Waals surface area contributed by atoms with Crippen LogP contribution in [0.1, 0.15) is 5.56 Å². The van der Waals surface area contributed by atoms with Crippen molar-refractivity contribution >= 4 is 17.3 Å². The Morgan fingerprint density at radius 3 is 2.50 bits per heavy atom. The summed E-state index contributed by atoms with van der Waals surface area (Å²) in [7, 11) is 2.03. The van der Waals surface area contributed by atoms with E-state index in [9.17, 15) is 0 Å². The summed E-state index contributed by atoms with van der Waals surface area (Å²) >= 11 is 0. The minimum absolute atomic E-state index is 0.708. The first-order chi connectivity index (χ1) is 14.8. The standard InChI is InChI=1S/C24H23N5O/c1-29(16-13-19-11-14-25-15-12-19)24-17-23(26-18-27-24)28-21-9-5-6-10-22(21)30-20-7-3-2-4-8-20/h2-12,14-15,17-18H,13,16H2,1H3,(H,26,27,28). The fourth-order valence-corrected chi connectivity index (χ4v) is 3.00. The smallest absolute Gasteiger partial charge is 0.150 e. The number of pyridine rings is 1. The Bertz CT molecular complexity index is 1070. The Hall–Kier alpha value is -3.93. The fourth-order valence-electron chi connectivity index (χ4n) is 3.00. The van der Waals surface area contributed by atoms with Crippen LogP contribution in [0, 0.1) is 0 Å². The van der Waals surface area contributed by atoms with Gasteiger partial charge in [0.1, 0.15) is 23.7 Å². The minimum atomic E-state index is 0.708. The predicted octanol–water partition coefficient (Wildman–Crippen LogP) is 5.09. The molecule has 2 aromatic carbocycles. The van der Waals surface area contributed by atoms with Crippen molar-refractivity contribution in [3.63, 3.8) is 0 Å². The fraction of sp³-hybridized carbons (Fsp3) is 0.125. The Balaban J connectivity index is 1.46. The normalized spacial score (nSPS) is 10.4. The zero-order valence-corrected chi connectivity index (χ0v) is 16.8. The zero-order chi connectivity index (χ0) is 20.6. The van der Waals surface area contributed by atoms with Crippen LogP contribution in [-0.2, 0) is 6.42 Å². The quantitative estimate of drug-likeness (QED) is 0.447. The van der Waals surface area contributed by atoms with Gasteiger partial charge in [0, 0.05) is 32.1 Å². The van der Waals surface area contributed by atoms with Gasteiger partial charge in [0.25, 0.3) is 0 Å². The van der Waals surface area contributed by atoms with Crippen LogP contribution in [0.15, 0.2) is 91.5 Å². The molecule has 0 fully saturated rings. The summed E-state index contributed by atoms with van der Waals surface area (Å²) < 4.78 is 6.03. The van der Waals surface area contributed by atoms with Gasteiger partial charge in [-0.05, 0) is 48.4 Å². The number of para-hydroxylation sites is 3. The minimum Gasteiger partial charge on any atom is -0.455 e. The SMILES string of the molecule is CN(CCc1ccncc1)c1cc(Nc2ccccc2Oc2ccccc2)ncn1. The molecule has 30 heavy (non-hydrogen) atoms. The highest BCUT2D eigenvalue weighted by Crippen LogP contribution is 2.31. The second-order valence-corrected chi connectivity index (χ2v) is 6.82. The number of benzene rings is 2. The van der Waals surface area contributed by atoms with Gasteiger partial charge in [0.05, 0.1) is 5.69 Å². The highest BCUT2D eigenvalue weighted by molar-refractivity contribution is 5.66.